The van der Waals surface area contributed by atoms with Crippen LogP contribution in [0.5, 0.6) is 0 Å². The summed E-state index contributed by atoms with van der Waals surface area (Å²) < 4.78 is 0. The van der Waals surface area contributed by atoms with Crippen molar-refractivity contribution in [3.8, 4) is 0 Å². The van der Waals surface area contributed by atoms with E-state index in [-0.39, 0.29) is 0 Å². The zero-order chi connectivity index (χ0) is 20.8. The molecule has 0 N–H and O–H groups in total. The average Bonchev–Trinajstić information content (AvgIpc) is 2.81. The monoisotopic (exact) mass is 402 g/mol. The number of aryl methyl sites for hydroxylation is 2. The molecule has 2 aliphatic carbocycles. The highest BCUT2D eigenvalue weighted by Gasteiger charge is 2.32. The summed E-state index contributed by atoms with van der Waals surface area (Å²) in [4.78, 5) is 0. The molecule has 2 saturated carbocycles. The Kier molecular flexibility index (Phi) is 7.69. The zero-order valence-corrected chi connectivity index (χ0v) is 19.4. The van der Waals surface area contributed by atoms with Crippen molar-refractivity contribution in [2.45, 2.75) is 103 Å². The normalized spacial score (nSPS) is 27.1. The van der Waals surface area contributed by atoms with Crippen molar-refractivity contribution < 1.29 is 0 Å². The molecule has 0 aromatic heterocycles. The molecule has 0 radical (unpaired) electrons. The van der Waals surface area contributed by atoms with Gasteiger partial charge in [-0.25, -0.2) is 0 Å². The highest BCUT2D eigenvalue weighted by atomic mass is 14.4. The van der Waals surface area contributed by atoms with Crippen LogP contribution >= 0.6 is 0 Å². The van der Waals surface area contributed by atoms with Crippen LogP contribution in [-0.2, 0) is 12.8 Å². The topological polar surface area (TPSA) is 0 Å². The second-order valence-corrected chi connectivity index (χ2v) is 10.1. The third-order valence-electron chi connectivity index (χ3n) is 8.24. The van der Waals surface area contributed by atoms with Gasteiger partial charge in [-0.15, -0.1) is 0 Å². The Morgan fingerprint density at radius 1 is 0.533 bits per heavy atom. The number of hydrogen-bond acceptors (Lipinski definition) is 0. The molecule has 0 heteroatoms. The SMILES string of the molecule is CCCc1ccccc1C1CCC(C2CCC(c3ccccc3CCC)CC2)CC1. The minimum absolute atomic E-state index is 0.821. The van der Waals surface area contributed by atoms with Crippen molar-refractivity contribution in [1.82, 2.24) is 0 Å². The Morgan fingerprint density at radius 3 is 1.27 bits per heavy atom. The fourth-order valence-electron chi connectivity index (χ4n) is 6.66. The summed E-state index contributed by atoms with van der Waals surface area (Å²) in [6.07, 6.45) is 16.6. The van der Waals surface area contributed by atoms with Gasteiger partial charge in [0.2, 0.25) is 0 Å². The second-order valence-electron chi connectivity index (χ2n) is 10.1. The molecule has 0 bridgehead atoms. The lowest BCUT2D eigenvalue weighted by Crippen LogP contribution is -2.25. The van der Waals surface area contributed by atoms with E-state index >= 15 is 0 Å². The van der Waals surface area contributed by atoms with Crippen LogP contribution in [-0.4, -0.2) is 0 Å². The molecular weight excluding hydrogens is 360 g/mol. The Labute approximate surface area is 185 Å². The molecule has 0 saturated heterocycles. The van der Waals surface area contributed by atoms with Crippen molar-refractivity contribution in [3.63, 3.8) is 0 Å². The van der Waals surface area contributed by atoms with Crippen molar-refractivity contribution in [2.75, 3.05) is 0 Å². The lowest BCUT2D eigenvalue weighted by atomic mass is 9.67. The summed E-state index contributed by atoms with van der Waals surface area (Å²) in [5, 5.41) is 0. The minimum atomic E-state index is 0.821. The lowest BCUT2D eigenvalue weighted by molar-refractivity contribution is 0.176. The smallest absolute Gasteiger partial charge is 0.0159 e. The number of benzene rings is 2. The van der Waals surface area contributed by atoms with Gasteiger partial charge in [-0.05, 0) is 110 Å². The molecule has 0 nitrogen and oxygen atoms in total. The fraction of sp³-hybridized carbons (Fsp3) is 0.600. The van der Waals surface area contributed by atoms with Crippen LogP contribution in [0.25, 0.3) is 0 Å². The molecule has 0 unspecified atom stereocenters. The van der Waals surface area contributed by atoms with Gasteiger partial charge in [0.05, 0.1) is 0 Å². The van der Waals surface area contributed by atoms with Crippen LogP contribution in [0.4, 0.5) is 0 Å². The van der Waals surface area contributed by atoms with Gasteiger partial charge in [0.25, 0.3) is 0 Å². The Balaban J connectivity index is 1.31. The summed E-state index contributed by atoms with van der Waals surface area (Å²) in [7, 11) is 0. The molecule has 0 aliphatic heterocycles. The second kappa shape index (κ2) is 10.7. The van der Waals surface area contributed by atoms with Crippen molar-refractivity contribution in [2.24, 2.45) is 11.8 Å². The summed E-state index contributed by atoms with van der Waals surface area (Å²) in [6, 6.07) is 18.6. The Bertz CT molecular complexity index is 705. The highest BCUT2D eigenvalue weighted by molar-refractivity contribution is 5.32. The maximum Gasteiger partial charge on any atom is -0.0159 e. The molecule has 0 atom stereocenters. The van der Waals surface area contributed by atoms with Gasteiger partial charge >= 0.3 is 0 Å². The van der Waals surface area contributed by atoms with E-state index in [0.29, 0.717) is 0 Å². The van der Waals surface area contributed by atoms with Crippen molar-refractivity contribution >= 4 is 0 Å². The van der Waals surface area contributed by atoms with Crippen LogP contribution in [0.2, 0.25) is 0 Å². The minimum Gasteiger partial charge on any atom is -0.0651 e. The van der Waals surface area contributed by atoms with Gasteiger partial charge in [-0.1, -0.05) is 75.2 Å². The maximum atomic E-state index is 2.43. The first-order chi connectivity index (χ1) is 14.8. The van der Waals surface area contributed by atoms with E-state index in [0.717, 1.165) is 23.7 Å². The molecule has 0 heterocycles. The van der Waals surface area contributed by atoms with Gasteiger partial charge < -0.3 is 0 Å². The van der Waals surface area contributed by atoms with Gasteiger partial charge in [0, 0.05) is 0 Å². The van der Waals surface area contributed by atoms with Gasteiger partial charge in [0.15, 0.2) is 0 Å². The molecule has 0 amide bonds. The van der Waals surface area contributed by atoms with E-state index in [1.165, 1.54) is 77.0 Å². The van der Waals surface area contributed by atoms with Crippen LogP contribution in [0.15, 0.2) is 48.5 Å². The molecule has 30 heavy (non-hydrogen) atoms. The average molecular weight is 403 g/mol. The fourth-order valence-corrected chi connectivity index (χ4v) is 6.66. The standard InChI is InChI=1S/C30H42/c1-3-9-25-11-5-7-13-29(25)27-19-15-23(16-20-27)24-17-21-28(22-18-24)30-14-8-6-12-26(30)10-4-2/h5-8,11-14,23-24,27-28H,3-4,9-10,15-22H2,1-2H3. The van der Waals surface area contributed by atoms with E-state index in [2.05, 4.69) is 62.4 Å². The predicted molar refractivity (Wildman–Crippen MR) is 130 cm³/mol. The predicted octanol–water partition coefficient (Wildman–Crippen LogP) is 8.84. The molecule has 2 aliphatic rings. The summed E-state index contributed by atoms with van der Waals surface area (Å²) >= 11 is 0. The number of rotatable bonds is 7. The Hall–Kier alpha value is -1.56. The summed E-state index contributed by atoms with van der Waals surface area (Å²) in [5.41, 5.74) is 6.59. The highest BCUT2D eigenvalue weighted by Crippen LogP contribution is 2.46. The molecule has 4 rings (SSSR count). The molecule has 2 aromatic rings. The lowest BCUT2D eigenvalue weighted by Gasteiger charge is -2.38. The summed E-state index contributed by atoms with van der Waals surface area (Å²) in [6.45, 7) is 4.62. The van der Waals surface area contributed by atoms with Gasteiger partial charge in [0.1, 0.15) is 0 Å². The Morgan fingerprint density at radius 2 is 0.900 bits per heavy atom. The van der Waals surface area contributed by atoms with Crippen LogP contribution in [0, 0.1) is 11.8 Å². The van der Waals surface area contributed by atoms with E-state index in [1.807, 2.05) is 0 Å². The maximum absolute atomic E-state index is 2.43. The zero-order valence-electron chi connectivity index (χ0n) is 19.4. The van der Waals surface area contributed by atoms with Crippen LogP contribution in [0.3, 0.4) is 0 Å². The molecule has 2 aromatic carbocycles. The first kappa shape index (κ1) is 21.7. The summed E-state index contributed by atoms with van der Waals surface area (Å²) in [5.74, 6) is 3.63. The third kappa shape index (κ3) is 5.01. The third-order valence-corrected chi connectivity index (χ3v) is 8.24. The quantitative estimate of drug-likeness (QED) is 0.434. The van der Waals surface area contributed by atoms with E-state index in [1.54, 1.807) is 22.3 Å². The van der Waals surface area contributed by atoms with Crippen LogP contribution < -0.4 is 0 Å². The van der Waals surface area contributed by atoms with Gasteiger partial charge in [-0.2, -0.15) is 0 Å². The van der Waals surface area contributed by atoms with Gasteiger partial charge in [-0.3, -0.25) is 0 Å². The van der Waals surface area contributed by atoms with E-state index in [4.69, 9.17) is 0 Å². The van der Waals surface area contributed by atoms with Crippen molar-refractivity contribution in [3.05, 3.63) is 70.8 Å². The number of hydrogen-bond donors (Lipinski definition) is 0. The van der Waals surface area contributed by atoms with E-state index < -0.39 is 0 Å². The first-order valence-electron chi connectivity index (χ1n) is 13.0. The first-order valence-corrected chi connectivity index (χ1v) is 13.0. The molecule has 2 fully saturated rings. The largest absolute Gasteiger partial charge is 0.0651 e. The molecular formula is C30H42. The van der Waals surface area contributed by atoms with Crippen LogP contribution in [0.1, 0.15) is 112 Å². The van der Waals surface area contributed by atoms with E-state index in [9.17, 15) is 0 Å². The molecule has 162 valence electrons. The molecule has 0 spiro atoms. The van der Waals surface area contributed by atoms with Crippen molar-refractivity contribution in [1.29, 1.82) is 0 Å².